The normalized spacial score (nSPS) is 29.5. The molecule has 0 spiro atoms. The van der Waals surface area contributed by atoms with Crippen LogP contribution < -0.4 is 10.6 Å². The molecule has 3 heterocycles. The lowest BCUT2D eigenvalue weighted by molar-refractivity contribution is -0.156. The molecule has 0 aliphatic carbocycles. The summed E-state index contributed by atoms with van der Waals surface area (Å²) in [7, 11) is -3.68. The Morgan fingerprint density at radius 2 is 1.75 bits per heavy atom. The van der Waals surface area contributed by atoms with Crippen LogP contribution in [0.25, 0.3) is 0 Å². The van der Waals surface area contributed by atoms with Crippen molar-refractivity contribution in [3.8, 4) is 0 Å². The van der Waals surface area contributed by atoms with Gasteiger partial charge in [-0.25, -0.2) is 8.42 Å². The molecular weight excluding hydrogens is 492 g/mol. The predicted molar refractivity (Wildman–Crippen MR) is 126 cm³/mol. The topological polar surface area (TPSA) is 162 Å². The quantitative estimate of drug-likeness (QED) is 0.413. The molecule has 3 saturated heterocycles. The van der Waals surface area contributed by atoms with Crippen molar-refractivity contribution in [2.75, 3.05) is 19.3 Å². The molecule has 1 aromatic carbocycles. The predicted octanol–water partition coefficient (Wildman–Crippen LogP) is -1.05. The van der Waals surface area contributed by atoms with Crippen molar-refractivity contribution in [1.82, 2.24) is 19.8 Å². The minimum atomic E-state index is -3.68. The van der Waals surface area contributed by atoms with Gasteiger partial charge < -0.3 is 25.4 Å². The first kappa shape index (κ1) is 26.0. The second-order valence-corrected chi connectivity index (χ2v) is 11.4. The van der Waals surface area contributed by atoms with Gasteiger partial charge in [0.2, 0.25) is 28.1 Å². The van der Waals surface area contributed by atoms with Crippen molar-refractivity contribution in [2.45, 2.75) is 62.6 Å². The monoisotopic (exact) mass is 522 g/mol. The number of aliphatic hydroxyl groups is 1. The minimum Gasteiger partial charge on any atom is -0.434 e. The summed E-state index contributed by atoms with van der Waals surface area (Å²) in [5.41, 5.74) is 0.389. The number of amides is 3. The number of hydrogen-bond donors (Lipinski definition) is 3. The Balaban J connectivity index is 1.60. The lowest BCUT2D eigenvalue weighted by atomic mass is 9.94. The first-order valence-corrected chi connectivity index (χ1v) is 13.7. The number of esters is 1. The van der Waals surface area contributed by atoms with Crippen molar-refractivity contribution in [3.05, 3.63) is 35.9 Å². The van der Waals surface area contributed by atoms with Gasteiger partial charge >= 0.3 is 5.97 Å². The third-order valence-corrected chi connectivity index (χ3v) is 8.01. The highest BCUT2D eigenvalue weighted by molar-refractivity contribution is 7.88. The molecule has 36 heavy (non-hydrogen) atoms. The highest BCUT2D eigenvalue weighted by Crippen LogP contribution is 2.27. The van der Waals surface area contributed by atoms with E-state index in [2.05, 4.69) is 15.4 Å². The third-order valence-electron chi connectivity index (χ3n) is 6.78. The molecule has 3 aliphatic heterocycles. The fourth-order valence-electron chi connectivity index (χ4n) is 4.92. The number of nitrogens with one attached hydrogen (secondary N) is 2. The number of sulfonamides is 1. The van der Waals surface area contributed by atoms with Gasteiger partial charge in [0.1, 0.15) is 18.1 Å². The highest BCUT2D eigenvalue weighted by atomic mass is 32.2. The van der Waals surface area contributed by atoms with Crippen LogP contribution in [0.4, 0.5) is 0 Å². The van der Waals surface area contributed by atoms with Crippen LogP contribution in [0.5, 0.6) is 0 Å². The number of fused-ring (bicyclic) bond motifs is 1. The number of carbonyl (C=O) groups excluding carboxylic acids is 4. The third kappa shape index (κ3) is 5.68. The van der Waals surface area contributed by atoms with Crippen LogP contribution in [0.3, 0.4) is 0 Å². The maximum atomic E-state index is 13.8. The Hall–Kier alpha value is -3.03. The smallest absolute Gasteiger partial charge is 0.310 e. The van der Waals surface area contributed by atoms with Crippen LogP contribution in [0.15, 0.2) is 30.3 Å². The summed E-state index contributed by atoms with van der Waals surface area (Å²) in [6, 6.07) is 4.72. The number of hydrogen-bond acceptors (Lipinski definition) is 8. The summed E-state index contributed by atoms with van der Waals surface area (Å²) >= 11 is 0. The number of aliphatic hydroxyl groups excluding tert-OH is 1. The van der Waals surface area contributed by atoms with Gasteiger partial charge in [0.25, 0.3) is 5.91 Å². The van der Waals surface area contributed by atoms with E-state index >= 15 is 0 Å². The Morgan fingerprint density at radius 1 is 1.06 bits per heavy atom. The largest absolute Gasteiger partial charge is 0.434 e. The molecule has 0 radical (unpaired) electrons. The van der Waals surface area contributed by atoms with Gasteiger partial charge in [-0.05, 0) is 25.0 Å². The first-order chi connectivity index (χ1) is 17.0. The van der Waals surface area contributed by atoms with Gasteiger partial charge in [0, 0.05) is 24.7 Å². The molecule has 0 aromatic heterocycles. The van der Waals surface area contributed by atoms with E-state index in [-0.39, 0.29) is 19.5 Å². The van der Waals surface area contributed by atoms with E-state index in [0.717, 1.165) is 10.6 Å². The SMILES string of the molecule is CS(=O)(=O)N1CC2CCCCC(NC(=O)c3ccccc3)C(=O)N2C(C(=O)NC2CC(=O)OC2O)C1. The van der Waals surface area contributed by atoms with Gasteiger partial charge in [0.15, 0.2) is 0 Å². The number of nitrogens with zero attached hydrogens (tertiary/aromatic N) is 2. The number of ether oxygens (including phenoxy) is 1. The average molecular weight is 523 g/mol. The molecule has 3 N–H and O–H groups in total. The molecule has 0 saturated carbocycles. The molecule has 5 atom stereocenters. The van der Waals surface area contributed by atoms with E-state index < -0.39 is 64.2 Å². The Morgan fingerprint density at radius 3 is 2.39 bits per heavy atom. The molecular formula is C23H30N4O8S. The second kappa shape index (κ2) is 10.5. The maximum absolute atomic E-state index is 13.8. The van der Waals surface area contributed by atoms with Crippen LogP contribution in [-0.2, 0) is 29.1 Å². The summed E-state index contributed by atoms with van der Waals surface area (Å²) in [5, 5.41) is 15.2. The molecule has 3 aliphatic rings. The van der Waals surface area contributed by atoms with Crippen molar-refractivity contribution in [3.63, 3.8) is 0 Å². The molecule has 13 heteroatoms. The number of cyclic esters (lactones) is 1. The average Bonchev–Trinajstić information content (AvgIpc) is 3.14. The molecule has 5 unspecified atom stereocenters. The van der Waals surface area contributed by atoms with Gasteiger partial charge in [-0.15, -0.1) is 0 Å². The molecule has 1 aromatic rings. The van der Waals surface area contributed by atoms with E-state index in [1.165, 1.54) is 4.90 Å². The lowest BCUT2D eigenvalue weighted by Gasteiger charge is -2.47. The van der Waals surface area contributed by atoms with Crippen molar-refractivity contribution < 1.29 is 37.4 Å². The minimum absolute atomic E-state index is 0.0291. The summed E-state index contributed by atoms with van der Waals surface area (Å²) in [6.45, 7) is -0.259. The van der Waals surface area contributed by atoms with E-state index in [0.29, 0.717) is 31.2 Å². The Kier molecular flexibility index (Phi) is 7.62. The first-order valence-electron chi connectivity index (χ1n) is 11.9. The summed E-state index contributed by atoms with van der Waals surface area (Å²) in [4.78, 5) is 52.8. The fraction of sp³-hybridized carbons (Fsp3) is 0.565. The van der Waals surface area contributed by atoms with Gasteiger partial charge in [0.05, 0.1) is 12.7 Å². The zero-order chi connectivity index (χ0) is 26.0. The van der Waals surface area contributed by atoms with Crippen molar-refractivity contribution >= 4 is 33.7 Å². The van der Waals surface area contributed by atoms with Gasteiger partial charge in [-0.3, -0.25) is 19.2 Å². The Bertz CT molecular complexity index is 1130. The standard InChI is InChI=1S/C23H30N4O8S/c1-36(33,34)26-12-15-9-5-6-10-16(24-20(29)14-7-3-2-4-8-14)22(31)27(15)18(13-26)21(30)25-17-11-19(28)35-23(17)32/h2-4,7-8,15-18,23,32H,5-6,9-13H2,1H3,(H,24,29)(H,25,30). The molecule has 3 fully saturated rings. The van der Waals surface area contributed by atoms with Crippen LogP contribution in [-0.4, -0.2) is 96.2 Å². The van der Waals surface area contributed by atoms with E-state index in [4.69, 9.17) is 0 Å². The molecule has 4 rings (SSSR count). The number of benzene rings is 1. The summed E-state index contributed by atoms with van der Waals surface area (Å²) in [5.74, 6) is -2.29. The fourth-order valence-corrected chi connectivity index (χ4v) is 5.78. The molecule has 3 amide bonds. The highest BCUT2D eigenvalue weighted by Gasteiger charge is 2.47. The summed E-state index contributed by atoms with van der Waals surface area (Å²) < 4.78 is 30.6. The maximum Gasteiger partial charge on any atom is 0.310 e. The number of rotatable bonds is 5. The van der Waals surface area contributed by atoms with Crippen molar-refractivity contribution in [1.29, 1.82) is 0 Å². The summed E-state index contributed by atoms with van der Waals surface area (Å²) in [6.07, 6.45) is 1.42. The van der Waals surface area contributed by atoms with E-state index in [1.54, 1.807) is 30.3 Å². The van der Waals surface area contributed by atoms with Crippen LogP contribution in [0.1, 0.15) is 42.5 Å². The second-order valence-electron chi connectivity index (χ2n) is 9.37. The molecule has 196 valence electrons. The zero-order valence-electron chi connectivity index (χ0n) is 19.8. The van der Waals surface area contributed by atoms with Crippen molar-refractivity contribution in [2.24, 2.45) is 0 Å². The van der Waals surface area contributed by atoms with Gasteiger partial charge in [-0.1, -0.05) is 31.0 Å². The Labute approximate surface area is 209 Å². The van der Waals surface area contributed by atoms with Crippen LogP contribution in [0, 0.1) is 0 Å². The van der Waals surface area contributed by atoms with Gasteiger partial charge in [-0.2, -0.15) is 4.31 Å². The van der Waals surface area contributed by atoms with E-state index in [9.17, 15) is 32.7 Å². The molecule has 0 bridgehead atoms. The lowest BCUT2D eigenvalue weighted by Crippen LogP contribution is -2.68. The van der Waals surface area contributed by atoms with Crippen LogP contribution >= 0.6 is 0 Å². The number of carbonyl (C=O) groups is 4. The van der Waals surface area contributed by atoms with Crippen LogP contribution in [0.2, 0.25) is 0 Å². The zero-order valence-corrected chi connectivity index (χ0v) is 20.6. The number of piperazine rings is 1. The molecule has 12 nitrogen and oxygen atoms in total. The van der Waals surface area contributed by atoms with E-state index in [1.807, 2.05) is 0 Å².